The Morgan fingerprint density at radius 3 is 2.52 bits per heavy atom. The van der Waals surface area contributed by atoms with Crippen molar-refractivity contribution in [3.8, 4) is 0 Å². The molecular weight excluding hydrogens is 310 g/mol. The molecule has 0 aromatic rings. The van der Waals surface area contributed by atoms with Crippen LogP contribution in [0.15, 0.2) is 4.99 Å². The van der Waals surface area contributed by atoms with Crippen LogP contribution in [0, 0.1) is 0 Å². The SMILES string of the molecule is CCNC(=NCCCCN(CC)CC)NC1CCN(C2CCCC2)C1. The lowest BCUT2D eigenvalue weighted by molar-refractivity contribution is 0.242. The minimum absolute atomic E-state index is 0.564. The summed E-state index contributed by atoms with van der Waals surface area (Å²) in [7, 11) is 0. The summed E-state index contributed by atoms with van der Waals surface area (Å²) in [6.45, 7) is 14.5. The second-order valence-electron chi connectivity index (χ2n) is 7.56. The van der Waals surface area contributed by atoms with Gasteiger partial charge in [-0.25, -0.2) is 0 Å². The Balaban J connectivity index is 1.68. The molecule has 0 spiro atoms. The number of guanidine groups is 1. The van der Waals surface area contributed by atoms with Crippen LogP contribution in [0.1, 0.15) is 65.7 Å². The summed E-state index contributed by atoms with van der Waals surface area (Å²) in [4.78, 5) is 10.0. The van der Waals surface area contributed by atoms with Crippen LogP contribution in [-0.2, 0) is 0 Å². The Labute approximate surface area is 155 Å². The van der Waals surface area contributed by atoms with Crippen molar-refractivity contribution in [3.05, 3.63) is 0 Å². The number of rotatable bonds is 10. The van der Waals surface area contributed by atoms with Crippen molar-refractivity contribution in [2.75, 3.05) is 45.8 Å². The standard InChI is InChI=1S/C20H41N5/c1-4-21-20(22-14-9-10-15-24(5-2)6-3)23-18-13-16-25(17-18)19-11-7-8-12-19/h18-19H,4-17H2,1-3H3,(H2,21,22,23). The highest BCUT2D eigenvalue weighted by Crippen LogP contribution is 2.26. The quantitative estimate of drug-likeness (QED) is 0.361. The molecule has 1 atom stereocenters. The van der Waals surface area contributed by atoms with Crippen molar-refractivity contribution in [3.63, 3.8) is 0 Å². The summed E-state index contributed by atoms with van der Waals surface area (Å²) in [5.74, 6) is 1.02. The molecule has 0 amide bonds. The highest BCUT2D eigenvalue weighted by molar-refractivity contribution is 5.80. The van der Waals surface area contributed by atoms with Gasteiger partial charge in [0.2, 0.25) is 0 Å². The lowest BCUT2D eigenvalue weighted by Crippen LogP contribution is -2.45. The molecule has 2 aliphatic rings. The van der Waals surface area contributed by atoms with E-state index < -0.39 is 0 Å². The molecule has 0 aromatic carbocycles. The van der Waals surface area contributed by atoms with E-state index in [9.17, 15) is 0 Å². The zero-order valence-corrected chi connectivity index (χ0v) is 16.9. The van der Waals surface area contributed by atoms with E-state index >= 15 is 0 Å². The summed E-state index contributed by atoms with van der Waals surface area (Å²) < 4.78 is 0. The van der Waals surface area contributed by atoms with Crippen molar-refractivity contribution in [2.24, 2.45) is 4.99 Å². The van der Waals surface area contributed by atoms with Gasteiger partial charge < -0.3 is 15.5 Å². The van der Waals surface area contributed by atoms with E-state index in [2.05, 4.69) is 41.2 Å². The van der Waals surface area contributed by atoms with Crippen molar-refractivity contribution in [1.29, 1.82) is 0 Å². The van der Waals surface area contributed by atoms with Gasteiger partial charge in [0.25, 0.3) is 0 Å². The van der Waals surface area contributed by atoms with Crippen LogP contribution in [-0.4, -0.2) is 73.7 Å². The summed E-state index contributed by atoms with van der Waals surface area (Å²) in [6, 6.07) is 1.42. The van der Waals surface area contributed by atoms with Crippen LogP contribution < -0.4 is 10.6 Å². The van der Waals surface area contributed by atoms with Gasteiger partial charge in [-0.3, -0.25) is 9.89 Å². The molecule has 2 fully saturated rings. The van der Waals surface area contributed by atoms with Gasteiger partial charge in [0.1, 0.15) is 0 Å². The second kappa shape index (κ2) is 11.7. The highest BCUT2D eigenvalue weighted by atomic mass is 15.3. The number of unbranched alkanes of at least 4 members (excludes halogenated alkanes) is 1. The molecule has 2 rings (SSSR count). The maximum absolute atomic E-state index is 4.81. The van der Waals surface area contributed by atoms with Crippen LogP contribution in [0.25, 0.3) is 0 Å². The molecule has 5 nitrogen and oxygen atoms in total. The van der Waals surface area contributed by atoms with Crippen molar-refractivity contribution >= 4 is 5.96 Å². The smallest absolute Gasteiger partial charge is 0.191 e. The van der Waals surface area contributed by atoms with E-state index in [-0.39, 0.29) is 0 Å². The van der Waals surface area contributed by atoms with E-state index in [1.54, 1.807) is 0 Å². The van der Waals surface area contributed by atoms with Crippen molar-refractivity contribution < 1.29 is 0 Å². The van der Waals surface area contributed by atoms with Gasteiger partial charge in [0.05, 0.1) is 0 Å². The monoisotopic (exact) mass is 351 g/mol. The number of aliphatic imine (C=N–C) groups is 1. The fourth-order valence-electron chi connectivity index (χ4n) is 4.20. The van der Waals surface area contributed by atoms with E-state index in [0.29, 0.717) is 6.04 Å². The highest BCUT2D eigenvalue weighted by Gasteiger charge is 2.30. The zero-order valence-electron chi connectivity index (χ0n) is 16.9. The first kappa shape index (κ1) is 20.5. The predicted molar refractivity (Wildman–Crippen MR) is 108 cm³/mol. The van der Waals surface area contributed by atoms with Gasteiger partial charge in [-0.15, -0.1) is 0 Å². The van der Waals surface area contributed by atoms with Gasteiger partial charge in [-0.05, 0) is 58.7 Å². The molecule has 146 valence electrons. The Hall–Kier alpha value is -0.810. The van der Waals surface area contributed by atoms with Crippen LogP contribution in [0.4, 0.5) is 0 Å². The van der Waals surface area contributed by atoms with E-state index in [4.69, 9.17) is 4.99 Å². The second-order valence-corrected chi connectivity index (χ2v) is 7.56. The molecule has 1 saturated carbocycles. The molecule has 2 N–H and O–H groups in total. The fraction of sp³-hybridized carbons (Fsp3) is 0.950. The van der Waals surface area contributed by atoms with Gasteiger partial charge in [0, 0.05) is 38.3 Å². The van der Waals surface area contributed by atoms with Crippen molar-refractivity contribution in [2.45, 2.75) is 77.8 Å². The van der Waals surface area contributed by atoms with Crippen LogP contribution in [0.5, 0.6) is 0 Å². The zero-order chi connectivity index (χ0) is 17.9. The molecule has 1 saturated heterocycles. The number of nitrogens with one attached hydrogen (secondary N) is 2. The third kappa shape index (κ3) is 7.14. The van der Waals surface area contributed by atoms with E-state index in [0.717, 1.165) is 38.2 Å². The Morgan fingerprint density at radius 1 is 1.08 bits per heavy atom. The molecule has 0 bridgehead atoms. The fourth-order valence-corrected chi connectivity index (χ4v) is 4.20. The van der Waals surface area contributed by atoms with E-state index in [1.165, 1.54) is 64.6 Å². The summed E-state index contributed by atoms with van der Waals surface area (Å²) in [6.07, 6.45) is 9.34. The summed E-state index contributed by atoms with van der Waals surface area (Å²) in [5.41, 5.74) is 0. The first-order valence-electron chi connectivity index (χ1n) is 10.8. The van der Waals surface area contributed by atoms with E-state index in [1.807, 2.05) is 0 Å². The number of hydrogen-bond acceptors (Lipinski definition) is 3. The lowest BCUT2D eigenvalue weighted by atomic mass is 10.2. The third-order valence-electron chi connectivity index (χ3n) is 5.79. The molecule has 1 unspecified atom stereocenters. The minimum atomic E-state index is 0.564. The largest absolute Gasteiger partial charge is 0.357 e. The van der Waals surface area contributed by atoms with Crippen molar-refractivity contribution in [1.82, 2.24) is 20.4 Å². The molecule has 1 aliphatic carbocycles. The van der Waals surface area contributed by atoms with Gasteiger partial charge in [-0.1, -0.05) is 26.7 Å². The summed E-state index contributed by atoms with van der Waals surface area (Å²) in [5, 5.41) is 7.11. The first-order valence-corrected chi connectivity index (χ1v) is 10.8. The average molecular weight is 352 g/mol. The molecular formula is C20H41N5. The van der Waals surface area contributed by atoms with Crippen LogP contribution in [0.3, 0.4) is 0 Å². The Morgan fingerprint density at radius 2 is 1.84 bits per heavy atom. The molecule has 1 heterocycles. The maximum atomic E-state index is 4.81. The van der Waals surface area contributed by atoms with Gasteiger partial charge in [0.15, 0.2) is 5.96 Å². The number of likely N-dealkylation sites (tertiary alicyclic amines) is 1. The van der Waals surface area contributed by atoms with Crippen LogP contribution in [0.2, 0.25) is 0 Å². The van der Waals surface area contributed by atoms with Gasteiger partial charge >= 0.3 is 0 Å². The third-order valence-corrected chi connectivity index (χ3v) is 5.79. The lowest BCUT2D eigenvalue weighted by Gasteiger charge is -2.24. The molecule has 0 aromatic heterocycles. The number of hydrogen-bond donors (Lipinski definition) is 2. The Bertz CT molecular complexity index is 374. The number of nitrogens with zero attached hydrogens (tertiary/aromatic N) is 3. The molecule has 25 heavy (non-hydrogen) atoms. The topological polar surface area (TPSA) is 42.9 Å². The molecule has 5 heteroatoms. The molecule has 1 aliphatic heterocycles. The average Bonchev–Trinajstić information content (AvgIpc) is 3.29. The normalized spacial score (nSPS) is 22.9. The maximum Gasteiger partial charge on any atom is 0.191 e. The minimum Gasteiger partial charge on any atom is -0.357 e. The summed E-state index contributed by atoms with van der Waals surface area (Å²) >= 11 is 0. The predicted octanol–water partition coefficient (Wildman–Crippen LogP) is 2.68. The Kier molecular flexibility index (Phi) is 9.63. The molecule has 0 radical (unpaired) electrons. The van der Waals surface area contributed by atoms with Gasteiger partial charge in [-0.2, -0.15) is 0 Å². The van der Waals surface area contributed by atoms with Crippen LogP contribution >= 0.6 is 0 Å². The first-order chi connectivity index (χ1) is 12.3.